The molecule has 0 amide bonds. The maximum atomic E-state index is 8.54. The highest BCUT2D eigenvalue weighted by atomic mass is 15.1. The maximum Gasteiger partial charge on any atom is 0.0863 e. The van der Waals surface area contributed by atoms with E-state index in [2.05, 4.69) is 17.9 Å². The summed E-state index contributed by atoms with van der Waals surface area (Å²) in [6, 6.07) is 2.19. The lowest BCUT2D eigenvalue weighted by Gasteiger charge is -2.11. The third-order valence-corrected chi connectivity index (χ3v) is 3.73. The van der Waals surface area contributed by atoms with Crippen LogP contribution in [-0.2, 0) is 0 Å². The molecule has 0 aliphatic rings. The molecule has 2 heteroatoms. The molecular weight excluding hydrogens is 232 g/mol. The summed E-state index contributed by atoms with van der Waals surface area (Å²) in [5.74, 6) is 0. The highest BCUT2D eigenvalue weighted by Gasteiger charge is 1.97. The fourth-order valence-electron chi connectivity index (χ4n) is 2.42. The van der Waals surface area contributed by atoms with Crippen molar-refractivity contribution in [2.45, 2.75) is 84.0 Å². The monoisotopic (exact) mass is 266 g/mol. The molecule has 0 aromatic carbocycles. The molecule has 0 bridgehead atoms. The van der Waals surface area contributed by atoms with Gasteiger partial charge in [-0.2, -0.15) is 5.26 Å². The van der Waals surface area contributed by atoms with Crippen LogP contribution in [0.15, 0.2) is 0 Å². The summed E-state index contributed by atoms with van der Waals surface area (Å²) in [6.07, 6.45) is 16.7. The predicted octanol–water partition coefficient (Wildman–Crippen LogP) is 5.14. The van der Waals surface area contributed by atoms with Gasteiger partial charge < -0.3 is 0 Å². The molecule has 0 heterocycles. The van der Waals surface area contributed by atoms with Crippen molar-refractivity contribution in [3.63, 3.8) is 0 Å². The zero-order valence-corrected chi connectivity index (χ0v) is 13.3. The molecule has 19 heavy (non-hydrogen) atoms. The van der Waals surface area contributed by atoms with Gasteiger partial charge in [0.15, 0.2) is 0 Å². The number of hydrogen-bond acceptors (Lipinski definition) is 2. The smallest absolute Gasteiger partial charge is 0.0863 e. The van der Waals surface area contributed by atoms with E-state index in [1.165, 1.54) is 77.0 Å². The molecule has 0 spiro atoms. The number of rotatable bonds is 14. The lowest BCUT2D eigenvalue weighted by molar-refractivity contribution is 0.359. The van der Waals surface area contributed by atoms with Crippen LogP contribution in [0.3, 0.4) is 0 Å². The van der Waals surface area contributed by atoms with E-state index in [1.54, 1.807) is 0 Å². The van der Waals surface area contributed by atoms with Crippen LogP contribution in [0.2, 0.25) is 0 Å². The third kappa shape index (κ3) is 15.4. The summed E-state index contributed by atoms with van der Waals surface area (Å²) in [5.41, 5.74) is 0. The van der Waals surface area contributed by atoms with Gasteiger partial charge in [0.1, 0.15) is 0 Å². The van der Waals surface area contributed by atoms with E-state index < -0.39 is 0 Å². The Morgan fingerprint density at radius 1 is 0.737 bits per heavy atom. The van der Waals surface area contributed by atoms with Crippen molar-refractivity contribution in [1.82, 2.24) is 4.90 Å². The van der Waals surface area contributed by atoms with E-state index in [1.807, 2.05) is 7.05 Å². The molecular formula is C17H34N2. The lowest BCUT2D eigenvalue weighted by Crippen LogP contribution is -2.19. The van der Waals surface area contributed by atoms with Gasteiger partial charge in [0.2, 0.25) is 0 Å². The first-order valence-corrected chi connectivity index (χ1v) is 8.36. The molecule has 0 aliphatic heterocycles. The van der Waals surface area contributed by atoms with Crippen LogP contribution in [0.25, 0.3) is 0 Å². The highest BCUT2D eigenvalue weighted by Crippen LogP contribution is 2.11. The van der Waals surface area contributed by atoms with Crippen molar-refractivity contribution in [1.29, 1.82) is 5.26 Å². The quantitative estimate of drug-likeness (QED) is 0.321. The van der Waals surface area contributed by atoms with E-state index >= 15 is 0 Å². The summed E-state index contributed by atoms with van der Waals surface area (Å²) >= 11 is 0. The average molecular weight is 266 g/mol. The average Bonchev–Trinajstić information content (AvgIpc) is 2.40. The summed E-state index contributed by atoms with van der Waals surface area (Å²) in [4.78, 5) is 2.11. The van der Waals surface area contributed by atoms with Crippen LogP contribution in [0.4, 0.5) is 0 Å². The first kappa shape index (κ1) is 18.4. The Kier molecular flexibility index (Phi) is 15.1. The summed E-state index contributed by atoms with van der Waals surface area (Å²) < 4.78 is 0. The zero-order valence-electron chi connectivity index (χ0n) is 13.3. The second kappa shape index (κ2) is 15.5. The number of nitrogens with zero attached hydrogens (tertiary/aromatic N) is 2. The van der Waals surface area contributed by atoms with E-state index in [0.29, 0.717) is 6.54 Å². The molecule has 0 aromatic heterocycles. The van der Waals surface area contributed by atoms with Gasteiger partial charge in [-0.05, 0) is 20.0 Å². The minimum Gasteiger partial charge on any atom is -0.294 e. The van der Waals surface area contributed by atoms with Crippen molar-refractivity contribution in [3.8, 4) is 6.07 Å². The topological polar surface area (TPSA) is 27.0 Å². The fraction of sp³-hybridized carbons (Fsp3) is 0.941. The molecule has 0 rings (SSSR count). The molecule has 2 nitrogen and oxygen atoms in total. The van der Waals surface area contributed by atoms with E-state index in [0.717, 1.165) is 6.54 Å². The zero-order chi connectivity index (χ0) is 14.2. The Morgan fingerprint density at radius 3 is 1.58 bits per heavy atom. The summed E-state index contributed by atoms with van der Waals surface area (Å²) in [6.45, 7) is 3.92. The minimum atomic E-state index is 0.567. The van der Waals surface area contributed by atoms with E-state index in [9.17, 15) is 0 Å². The molecule has 0 aromatic rings. The highest BCUT2D eigenvalue weighted by molar-refractivity contribution is 4.73. The largest absolute Gasteiger partial charge is 0.294 e. The number of unbranched alkanes of at least 4 members (excludes halogenated alkanes) is 11. The van der Waals surface area contributed by atoms with Gasteiger partial charge in [-0.3, -0.25) is 4.90 Å². The van der Waals surface area contributed by atoms with Gasteiger partial charge in [0.05, 0.1) is 12.6 Å². The number of nitriles is 1. The van der Waals surface area contributed by atoms with E-state index in [-0.39, 0.29) is 0 Å². The molecule has 0 aliphatic carbocycles. The second-order valence-corrected chi connectivity index (χ2v) is 5.78. The second-order valence-electron chi connectivity index (χ2n) is 5.78. The van der Waals surface area contributed by atoms with Gasteiger partial charge in [-0.15, -0.1) is 0 Å². The van der Waals surface area contributed by atoms with Gasteiger partial charge in [-0.1, -0.05) is 77.6 Å². The predicted molar refractivity (Wildman–Crippen MR) is 84.2 cm³/mol. The van der Waals surface area contributed by atoms with Gasteiger partial charge >= 0.3 is 0 Å². The van der Waals surface area contributed by atoms with Crippen LogP contribution < -0.4 is 0 Å². The third-order valence-electron chi connectivity index (χ3n) is 3.73. The fourth-order valence-corrected chi connectivity index (χ4v) is 2.42. The van der Waals surface area contributed by atoms with Crippen molar-refractivity contribution >= 4 is 0 Å². The Morgan fingerprint density at radius 2 is 1.16 bits per heavy atom. The van der Waals surface area contributed by atoms with E-state index in [4.69, 9.17) is 5.26 Å². The summed E-state index contributed by atoms with van der Waals surface area (Å²) in [5, 5.41) is 8.54. The van der Waals surface area contributed by atoms with Crippen molar-refractivity contribution in [2.75, 3.05) is 20.1 Å². The van der Waals surface area contributed by atoms with Crippen LogP contribution in [0, 0.1) is 11.3 Å². The van der Waals surface area contributed by atoms with Gasteiger partial charge in [-0.25, -0.2) is 0 Å². The van der Waals surface area contributed by atoms with Crippen molar-refractivity contribution in [3.05, 3.63) is 0 Å². The molecule has 0 unspecified atom stereocenters. The van der Waals surface area contributed by atoms with Crippen LogP contribution in [-0.4, -0.2) is 25.0 Å². The number of hydrogen-bond donors (Lipinski definition) is 0. The van der Waals surface area contributed by atoms with Crippen molar-refractivity contribution < 1.29 is 0 Å². The van der Waals surface area contributed by atoms with Crippen LogP contribution in [0.5, 0.6) is 0 Å². The molecule has 0 radical (unpaired) electrons. The van der Waals surface area contributed by atoms with Gasteiger partial charge in [0.25, 0.3) is 0 Å². The van der Waals surface area contributed by atoms with Crippen LogP contribution in [0.1, 0.15) is 84.0 Å². The molecule has 0 saturated carbocycles. The molecule has 0 N–H and O–H groups in total. The lowest BCUT2D eigenvalue weighted by atomic mass is 10.1. The SMILES string of the molecule is CCCCCCCCCCCCCCN(C)CC#N. The molecule has 0 saturated heterocycles. The Balaban J connectivity index is 3.01. The standard InChI is InChI=1S/C17H34N2/c1-3-4-5-6-7-8-9-10-11-12-13-14-16-19(2)17-15-18/h3-14,16-17H2,1-2H3. The van der Waals surface area contributed by atoms with Crippen molar-refractivity contribution in [2.24, 2.45) is 0 Å². The van der Waals surface area contributed by atoms with Crippen LogP contribution >= 0.6 is 0 Å². The molecule has 112 valence electrons. The van der Waals surface area contributed by atoms with Gasteiger partial charge in [0, 0.05) is 0 Å². The Labute approximate surface area is 121 Å². The normalized spacial score (nSPS) is 10.8. The molecule has 0 fully saturated rings. The minimum absolute atomic E-state index is 0.567. The maximum absolute atomic E-state index is 8.54. The first-order chi connectivity index (χ1) is 9.31. The molecule has 0 atom stereocenters. The summed E-state index contributed by atoms with van der Waals surface area (Å²) in [7, 11) is 2.03. The Hall–Kier alpha value is -0.550. The first-order valence-electron chi connectivity index (χ1n) is 8.36. The Bertz CT molecular complexity index is 208.